The van der Waals surface area contributed by atoms with Crippen LogP contribution in [0.4, 0.5) is 0 Å². The molecule has 0 unspecified atom stereocenters. The third kappa shape index (κ3) is 5.16. The molecule has 0 radical (unpaired) electrons. The molecular weight excluding hydrogens is 384 g/mol. The van der Waals surface area contributed by atoms with Crippen LogP contribution in [0, 0.1) is 0 Å². The molecule has 29 heavy (non-hydrogen) atoms. The summed E-state index contributed by atoms with van der Waals surface area (Å²) < 4.78 is 0. The Balaban J connectivity index is 1.64. The van der Waals surface area contributed by atoms with Crippen LogP contribution in [0.1, 0.15) is 21.5 Å². The molecule has 1 amide bonds. The van der Waals surface area contributed by atoms with Crippen LogP contribution in [0.25, 0.3) is 10.8 Å². The van der Waals surface area contributed by atoms with E-state index in [1.54, 1.807) is 24.3 Å². The van der Waals surface area contributed by atoms with E-state index in [9.17, 15) is 9.59 Å². The summed E-state index contributed by atoms with van der Waals surface area (Å²) in [5.74, 6) is -1.06. The lowest BCUT2D eigenvalue weighted by Gasteiger charge is -2.22. The van der Waals surface area contributed by atoms with Crippen molar-refractivity contribution in [3.05, 3.63) is 83.4 Å². The number of carboxylic acid groups (broad SMARTS) is 1. The van der Waals surface area contributed by atoms with Crippen LogP contribution >= 0.6 is 11.8 Å². The van der Waals surface area contributed by atoms with Gasteiger partial charge in [-0.1, -0.05) is 54.6 Å². The zero-order chi connectivity index (χ0) is 20.8. The topological polar surface area (TPSA) is 92.4 Å². The van der Waals surface area contributed by atoms with E-state index in [-0.39, 0.29) is 17.5 Å². The summed E-state index contributed by atoms with van der Waals surface area (Å²) in [6.45, 7) is 0.442. The van der Waals surface area contributed by atoms with Gasteiger partial charge >= 0.3 is 5.97 Å². The summed E-state index contributed by atoms with van der Waals surface area (Å²) in [5, 5.41) is 13.9. The number of hydrogen-bond donors (Lipinski definition) is 3. The van der Waals surface area contributed by atoms with Crippen LogP contribution in [0.5, 0.6) is 0 Å². The summed E-state index contributed by atoms with van der Waals surface area (Å²) in [6.07, 6.45) is 2.36. The van der Waals surface area contributed by atoms with Crippen LogP contribution in [-0.4, -0.2) is 34.5 Å². The molecule has 0 fully saturated rings. The predicted molar refractivity (Wildman–Crippen MR) is 118 cm³/mol. The Labute approximate surface area is 174 Å². The smallest absolute Gasteiger partial charge is 0.335 e. The van der Waals surface area contributed by atoms with E-state index in [0.717, 1.165) is 21.9 Å². The first-order valence-corrected chi connectivity index (χ1v) is 10.6. The van der Waals surface area contributed by atoms with Crippen molar-refractivity contribution in [1.82, 2.24) is 5.32 Å². The molecule has 150 valence electrons. The summed E-state index contributed by atoms with van der Waals surface area (Å²) in [4.78, 5) is 23.7. The van der Waals surface area contributed by atoms with Gasteiger partial charge in [0.2, 0.25) is 5.91 Å². The van der Waals surface area contributed by atoms with Crippen LogP contribution in [0.2, 0.25) is 0 Å². The summed E-state index contributed by atoms with van der Waals surface area (Å²) in [5.41, 5.74) is 8.52. The average molecular weight is 409 g/mol. The number of hydrogen-bond acceptors (Lipinski definition) is 4. The van der Waals surface area contributed by atoms with E-state index >= 15 is 0 Å². The highest BCUT2D eigenvalue weighted by molar-refractivity contribution is 8.00. The van der Waals surface area contributed by atoms with Gasteiger partial charge in [-0.05, 0) is 46.7 Å². The van der Waals surface area contributed by atoms with Crippen LogP contribution < -0.4 is 11.1 Å². The van der Waals surface area contributed by atoms with Gasteiger partial charge in [0.15, 0.2) is 0 Å². The monoisotopic (exact) mass is 408 g/mol. The van der Waals surface area contributed by atoms with Gasteiger partial charge in [0, 0.05) is 12.6 Å². The maximum absolute atomic E-state index is 12.8. The number of amides is 1. The number of nitrogens with one attached hydrogen (secondary N) is 1. The molecule has 5 nitrogen and oxygen atoms in total. The lowest BCUT2D eigenvalue weighted by Crippen LogP contribution is -2.45. The zero-order valence-corrected chi connectivity index (χ0v) is 17.0. The first-order chi connectivity index (χ1) is 14.0. The molecule has 0 saturated heterocycles. The fourth-order valence-corrected chi connectivity index (χ4v) is 4.11. The SMILES string of the molecule is CS[C@H](C(=O)NCc1cccc2ccccc12)[C@@H](N)Cc1ccc(C(=O)O)cc1. The van der Waals surface area contributed by atoms with Gasteiger partial charge in [-0.3, -0.25) is 4.79 Å². The summed E-state index contributed by atoms with van der Waals surface area (Å²) in [6, 6.07) is 20.4. The van der Waals surface area contributed by atoms with Crippen molar-refractivity contribution in [2.45, 2.75) is 24.3 Å². The Bertz CT molecular complexity index is 999. The van der Waals surface area contributed by atoms with E-state index in [2.05, 4.69) is 23.5 Å². The van der Waals surface area contributed by atoms with Crippen molar-refractivity contribution in [2.24, 2.45) is 5.73 Å². The Morgan fingerprint density at radius 2 is 1.72 bits per heavy atom. The van der Waals surface area contributed by atoms with E-state index in [1.807, 2.05) is 30.5 Å². The van der Waals surface area contributed by atoms with Gasteiger partial charge in [-0.15, -0.1) is 0 Å². The number of thioether (sulfide) groups is 1. The number of aromatic carboxylic acids is 1. The maximum Gasteiger partial charge on any atom is 0.335 e. The van der Waals surface area contributed by atoms with Crippen LogP contribution in [0.15, 0.2) is 66.7 Å². The molecule has 0 aromatic heterocycles. The quantitative estimate of drug-likeness (QED) is 0.531. The van der Waals surface area contributed by atoms with Crippen molar-refractivity contribution < 1.29 is 14.7 Å². The van der Waals surface area contributed by atoms with Gasteiger partial charge in [-0.25, -0.2) is 4.79 Å². The van der Waals surface area contributed by atoms with Crippen molar-refractivity contribution in [2.75, 3.05) is 6.26 Å². The van der Waals surface area contributed by atoms with Crippen molar-refractivity contribution in [3.8, 4) is 0 Å². The normalized spacial score (nSPS) is 13.0. The van der Waals surface area contributed by atoms with Gasteiger partial charge in [-0.2, -0.15) is 11.8 Å². The molecule has 4 N–H and O–H groups in total. The van der Waals surface area contributed by atoms with Gasteiger partial charge in [0.05, 0.1) is 10.8 Å². The lowest BCUT2D eigenvalue weighted by molar-refractivity contribution is -0.121. The summed E-state index contributed by atoms with van der Waals surface area (Å²) >= 11 is 1.42. The van der Waals surface area contributed by atoms with Crippen molar-refractivity contribution in [1.29, 1.82) is 0 Å². The standard InChI is InChI=1S/C23H24N2O3S/c1-29-21(20(24)13-15-9-11-17(12-10-15)23(27)28)22(26)25-14-18-7-4-6-16-5-2-3-8-19(16)18/h2-12,20-21H,13-14,24H2,1H3,(H,25,26)(H,27,28)/t20-,21-/m0/s1. The number of nitrogens with two attached hydrogens (primary N) is 1. The molecule has 6 heteroatoms. The molecule has 3 rings (SSSR count). The number of rotatable bonds is 8. The van der Waals surface area contributed by atoms with E-state index in [0.29, 0.717) is 13.0 Å². The van der Waals surface area contributed by atoms with E-state index in [4.69, 9.17) is 10.8 Å². The Hall–Kier alpha value is -2.83. The third-order valence-corrected chi connectivity index (χ3v) is 5.98. The Morgan fingerprint density at radius 3 is 2.41 bits per heavy atom. The third-order valence-electron chi connectivity index (χ3n) is 4.91. The molecule has 0 bridgehead atoms. The van der Waals surface area contributed by atoms with Gasteiger partial charge in [0.25, 0.3) is 0 Å². The highest BCUT2D eigenvalue weighted by atomic mass is 32.2. The zero-order valence-electron chi connectivity index (χ0n) is 16.2. The second kappa shape index (κ2) is 9.58. The lowest BCUT2D eigenvalue weighted by atomic mass is 10.0. The Kier molecular flexibility index (Phi) is 6.90. The molecule has 0 heterocycles. The molecule has 0 spiro atoms. The molecule has 0 aliphatic heterocycles. The molecule has 3 aromatic rings. The second-order valence-corrected chi connectivity index (χ2v) is 7.86. The molecule has 3 aromatic carbocycles. The van der Waals surface area contributed by atoms with E-state index < -0.39 is 11.2 Å². The molecule has 0 saturated carbocycles. The largest absolute Gasteiger partial charge is 0.478 e. The minimum atomic E-state index is -0.962. The number of carboxylic acids is 1. The minimum Gasteiger partial charge on any atom is -0.478 e. The van der Waals surface area contributed by atoms with Gasteiger partial charge in [0.1, 0.15) is 0 Å². The number of fused-ring (bicyclic) bond motifs is 1. The highest BCUT2D eigenvalue weighted by Crippen LogP contribution is 2.19. The van der Waals surface area contributed by atoms with Crippen molar-refractivity contribution >= 4 is 34.4 Å². The molecular formula is C23H24N2O3S. The van der Waals surface area contributed by atoms with Gasteiger partial charge < -0.3 is 16.2 Å². The molecule has 2 atom stereocenters. The van der Waals surface area contributed by atoms with E-state index in [1.165, 1.54) is 11.8 Å². The number of carbonyl (C=O) groups is 2. The minimum absolute atomic E-state index is 0.0971. The maximum atomic E-state index is 12.8. The van der Waals surface area contributed by atoms with Crippen LogP contribution in [0.3, 0.4) is 0 Å². The summed E-state index contributed by atoms with van der Waals surface area (Å²) in [7, 11) is 0. The Morgan fingerprint density at radius 1 is 1.03 bits per heavy atom. The molecule has 0 aliphatic carbocycles. The fraction of sp³-hybridized carbons (Fsp3) is 0.217. The molecule has 0 aliphatic rings. The first-order valence-electron chi connectivity index (χ1n) is 9.34. The van der Waals surface area contributed by atoms with Crippen LogP contribution in [-0.2, 0) is 17.8 Å². The number of carbonyl (C=O) groups excluding carboxylic acids is 1. The first kappa shape index (κ1) is 20.9. The second-order valence-electron chi connectivity index (χ2n) is 6.88. The highest BCUT2D eigenvalue weighted by Gasteiger charge is 2.25. The van der Waals surface area contributed by atoms with Crippen molar-refractivity contribution in [3.63, 3.8) is 0 Å². The number of benzene rings is 3. The predicted octanol–water partition coefficient (Wildman–Crippen LogP) is 3.46. The average Bonchev–Trinajstić information content (AvgIpc) is 2.73. The fourth-order valence-electron chi connectivity index (χ4n) is 3.37.